The molecule has 3 aromatic rings. The van der Waals surface area contributed by atoms with E-state index in [0.29, 0.717) is 18.0 Å². The van der Waals surface area contributed by atoms with Gasteiger partial charge in [0.2, 0.25) is 5.91 Å². The third-order valence-corrected chi connectivity index (χ3v) is 10.6. The van der Waals surface area contributed by atoms with Crippen molar-refractivity contribution >= 4 is 23.2 Å². The molecular formula is C37H43FN4O2. The minimum Gasteiger partial charge on any atom is -0.382 e. The van der Waals surface area contributed by atoms with E-state index in [9.17, 15) is 9.59 Å². The van der Waals surface area contributed by atoms with Crippen molar-refractivity contribution in [3.8, 4) is 0 Å². The van der Waals surface area contributed by atoms with E-state index in [-0.39, 0.29) is 29.3 Å². The van der Waals surface area contributed by atoms with E-state index in [1.807, 2.05) is 11.0 Å². The molecule has 2 unspecified atom stereocenters. The van der Waals surface area contributed by atoms with Gasteiger partial charge in [-0.05, 0) is 110 Å². The van der Waals surface area contributed by atoms with Crippen molar-refractivity contribution < 1.29 is 14.0 Å². The van der Waals surface area contributed by atoms with E-state index in [1.165, 1.54) is 42.9 Å². The third-order valence-electron chi connectivity index (χ3n) is 10.6. The lowest BCUT2D eigenvalue weighted by Gasteiger charge is -2.48. The van der Waals surface area contributed by atoms with Crippen molar-refractivity contribution in [3.05, 3.63) is 94.3 Å². The van der Waals surface area contributed by atoms with Gasteiger partial charge in [0.25, 0.3) is 5.91 Å². The zero-order chi connectivity index (χ0) is 30.2. The molecule has 0 spiro atoms. The van der Waals surface area contributed by atoms with Crippen molar-refractivity contribution in [2.45, 2.75) is 89.4 Å². The lowest BCUT2D eigenvalue weighted by atomic mass is 9.76. The topological polar surface area (TPSA) is 73.5 Å². The molecule has 2 amide bonds. The molecule has 0 bridgehead atoms. The van der Waals surface area contributed by atoms with Crippen LogP contribution in [-0.4, -0.2) is 35.3 Å². The van der Waals surface area contributed by atoms with Crippen LogP contribution in [0.25, 0.3) is 0 Å². The summed E-state index contributed by atoms with van der Waals surface area (Å²) in [6, 6.07) is 19.2. The smallest absolute Gasteiger partial charge is 0.257 e. The minimum atomic E-state index is -0.505. The number of hydrogen-bond donors (Lipinski definition) is 3. The Morgan fingerprint density at radius 1 is 0.909 bits per heavy atom. The number of rotatable bonds is 6. The summed E-state index contributed by atoms with van der Waals surface area (Å²) in [6.07, 6.45) is 9.35. The molecule has 0 radical (unpaired) electrons. The van der Waals surface area contributed by atoms with Gasteiger partial charge in [0.15, 0.2) is 0 Å². The Hall–Kier alpha value is -3.71. The van der Waals surface area contributed by atoms with E-state index in [0.717, 1.165) is 55.7 Å². The second-order valence-electron chi connectivity index (χ2n) is 13.3. The zero-order valence-corrected chi connectivity index (χ0v) is 25.6. The maximum atomic E-state index is 15.3. The molecule has 230 valence electrons. The first-order chi connectivity index (χ1) is 21.5. The summed E-state index contributed by atoms with van der Waals surface area (Å²) < 4.78 is 15.3. The highest BCUT2D eigenvalue weighted by Crippen LogP contribution is 2.49. The molecule has 2 aliphatic carbocycles. The molecule has 2 heterocycles. The molecule has 0 aromatic heterocycles. The molecule has 3 fully saturated rings. The Kier molecular flexibility index (Phi) is 8.15. The fourth-order valence-corrected chi connectivity index (χ4v) is 8.34. The number of piperidine rings is 1. The van der Waals surface area contributed by atoms with Crippen LogP contribution in [0.1, 0.15) is 90.0 Å². The molecule has 2 aliphatic heterocycles. The largest absolute Gasteiger partial charge is 0.382 e. The minimum absolute atomic E-state index is 0.0249. The molecular weight excluding hydrogens is 551 g/mol. The maximum absolute atomic E-state index is 15.3. The van der Waals surface area contributed by atoms with Crippen molar-refractivity contribution in [2.24, 2.45) is 11.8 Å². The average Bonchev–Trinajstić information content (AvgIpc) is 3.72. The Bertz CT molecular complexity index is 1510. The van der Waals surface area contributed by atoms with E-state index in [1.54, 1.807) is 19.1 Å². The predicted molar refractivity (Wildman–Crippen MR) is 172 cm³/mol. The molecule has 1 saturated heterocycles. The van der Waals surface area contributed by atoms with Gasteiger partial charge >= 0.3 is 0 Å². The Morgan fingerprint density at radius 3 is 2.50 bits per heavy atom. The lowest BCUT2D eigenvalue weighted by Crippen LogP contribution is -2.54. The highest BCUT2D eigenvalue weighted by atomic mass is 19.1. The van der Waals surface area contributed by atoms with Crippen molar-refractivity contribution in [3.63, 3.8) is 0 Å². The highest BCUT2D eigenvalue weighted by Gasteiger charge is 2.50. The number of hydrogen-bond acceptors (Lipinski definition) is 4. The van der Waals surface area contributed by atoms with Gasteiger partial charge in [-0.15, -0.1) is 0 Å². The van der Waals surface area contributed by atoms with Crippen LogP contribution in [0.3, 0.4) is 0 Å². The summed E-state index contributed by atoms with van der Waals surface area (Å²) in [5.41, 5.74) is 6.04. The molecule has 2 saturated carbocycles. The van der Waals surface area contributed by atoms with Gasteiger partial charge in [0.1, 0.15) is 5.82 Å². The van der Waals surface area contributed by atoms with Crippen molar-refractivity contribution in [2.75, 3.05) is 17.2 Å². The summed E-state index contributed by atoms with van der Waals surface area (Å²) in [4.78, 5) is 30.7. The van der Waals surface area contributed by atoms with Crippen LogP contribution in [0.4, 0.5) is 15.8 Å². The summed E-state index contributed by atoms with van der Waals surface area (Å²) >= 11 is 0. The fourth-order valence-electron chi connectivity index (χ4n) is 8.34. The second kappa shape index (κ2) is 12.4. The third kappa shape index (κ3) is 5.63. The first-order valence-corrected chi connectivity index (χ1v) is 16.5. The number of benzene rings is 3. The number of nitrogens with one attached hydrogen (secondary N) is 3. The predicted octanol–water partition coefficient (Wildman–Crippen LogP) is 7.15. The molecule has 6 nitrogen and oxygen atoms in total. The van der Waals surface area contributed by atoms with Crippen LogP contribution in [-0.2, 0) is 17.8 Å². The van der Waals surface area contributed by atoms with E-state index in [4.69, 9.17) is 0 Å². The fraction of sp³-hybridized carbons (Fsp3) is 0.459. The maximum Gasteiger partial charge on any atom is 0.257 e. The van der Waals surface area contributed by atoms with E-state index in [2.05, 4.69) is 52.3 Å². The average molecular weight is 595 g/mol. The van der Waals surface area contributed by atoms with Crippen LogP contribution < -0.4 is 16.0 Å². The van der Waals surface area contributed by atoms with Crippen LogP contribution >= 0.6 is 0 Å². The molecule has 44 heavy (non-hydrogen) atoms. The monoisotopic (exact) mass is 594 g/mol. The van der Waals surface area contributed by atoms with Crippen LogP contribution in [0.2, 0.25) is 0 Å². The number of fused-ring (bicyclic) bond motifs is 2. The second-order valence-corrected chi connectivity index (χ2v) is 13.3. The Morgan fingerprint density at radius 2 is 1.70 bits per heavy atom. The summed E-state index contributed by atoms with van der Waals surface area (Å²) in [7, 11) is 0. The van der Waals surface area contributed by atoms with E-state index >= 15 is 4.39 Å². The first kappa shape index (κ1) is 29.0. The summed E-state index contributed by atoms with van der Waals surface area (Å²) in [5.74, 6) is -1.15. The van der Waals surface area contributed by atoms with Gasteiger partial charge in [0, 0.05) is 30.0 Å². The number of halogens is 1. The summed E-state index contributed by atoms with van der Waals surface area (Å²) in [6.45, 7) is 3.56. The number of carbonyl (C=O) groups is 2. The van der Waals surface area contributed by atoms with Crippen LogP contribution in [0, 0.1) is 24.6 Å². The van der Waals surface area contributed by atoms with Crippen LogP contribution in [0.15, 0.2) is 60.7 Å². The van der Waals surface area contributed by atoms with Gasteiger partial charge in [-0.3, -0.25) is 9.59 Å². The SMILES string of the molecule is Cc1cccc(F)c1C(=O)N1[C@@H]2CCCC2CC(C(=O)Nc2ccc3c(c2)CCNC3)[C@@H]1c1ccc(NC2CCCC2)cc1. The lowest BCUT2D eigenvalue weighted by molar-refractivity contribution is -0.125. The Labute approximate surface area is 259 Å². The van der Waals surface area contributed by atoms with Crippen molar-refractivity contribution in [1.29, 1.82) is 0 Å². The first-order valence-electron chi connectivity index (χ1n) is 16.5. The molecule has 4 aliphatic rings. The van der Waals surface area contributed by atoms with E-state index < -0.39 is 17.8 Å². The van der Waals surface area contributed by atoms with Gasteiger partial charge in [-0.1, -0.05) is 49.6 Å². The number of likely N-dealkylation sites (tertiary alicyclic amines) is 1. The number of anilines is 2. The van der Waals surface area contributed by atoms with Gasteiger partial charge in [-0.25, -0.2) is 4.39 Å². The van der Waals surface area contributed by atoms with Gasteiger partial charge in [0.05, 0.1) is 17.5 Å². The highest BCUT2D eigenvalue weighted by molar-refractivity contribution is 5.98. The Balaban J connectivity index is 1.25. The molecule has 4 atom stereocenters. The van der Waals surface area contributed by atoms with Gasteiger partial charge in [-0.2, -0.15) is 0 Å². The molecule has 7 rings (SSSR count). The van der Waals surface area contributed by atoms with Crippen molar-refractivity contribution in [1.82, 2.24) is 10.2 Å². The normalized spacial score (nSPS) is 24.9. The molecule has 3 aromatic carbocycles. The zero-order valence-electron chi connectivity index (χ0n) is 25.6. The summed E-state index contributed by atoms with van der Waals surface area (Å²) in [5, 5.41) is 10.3. The number of amides is 2. The van der Waals surface area contributed by atoms with Gasteiger partial charge < -0.3 is 20.9 Å². The molecule has 3 N–H and O–H groups in total. The van der Waals surface area contributed by atoms with Crippen LogP contribution in [0.5, 0.6) is 0 Å². The number of nitrogens with zero attached hydrogens (tertiary/aromatic N) is 1. The number of carbonyl (C=O) groups excluding carboxylic acids is 2. The number of aryl methyl sites for hydroxylation is 1. The quantitative estimate of drug-likeness (QED) is 0.284. The standard InChI is InChI=1S/C37H43FN4O2/c1-23-6-4-10-32(38)34(23)37(44)42-33-11-5-7-26(33)21-31(36(43)41-30-17-14-27-22-39-19-18-25(27)20-30)35(42)24-12-15-29(16-13-24)40-28-8-2-3-9-28/h4,6,10,12-17,20,26,28,31,33,35,39-40H,2-3,5,7-9,11,18-19,21-22H2,1H3,(H,41,43)/t26?,31?,33-,35+/m1/s1. The molecule has 7 heteroatoms.